The average molecular weight is 449 g/mol. The molecular weight excluding hydrogens is 412 g/mol. The summed E-state index contributed by atoms with van der Waals surface area (Å²) in [6, 6.07) is 9.95. The molecule has 0 radical (unpaired) electrons. The number of ether oxygens (including phenoxy) is 4. The van der Waals surface area contributed by atoms with Crippen LogP contribution in [0.25, 0.3) is 0 Å². The van der Waals surface area contributed by atoms with E-state index in [0.717, 1.165) is 5.56 Å². The van der Waals surface area contributed by atoms with Crippen molar-refractivity contribution in [2.45, 2.75) is 82.5 Å². The number of rotatable bonds is 7. The van der Waals surface area contributed by atoms with E-state index in [1.807, 2.05) is 37.3 Å². The summed E-state index contributed by atoms with van der Waals surface area (Å²) in [7, 11) is -0.649. The number of esters is 1. The Morgan fingerprint density at radius 3 is 2.55 bits per heavy atom. The Balaban J connectivity index is 1.74. The molecule has 0 N–H and O–H groups in total. The molecule has 7 heteroatoms. The van der Waals surface area contributed by atoms with Crippen molar-refractivity contribution < 1.29 is 28.2 Å². The molecule has 0 aromatic heterocycles. The molecule has 0 amide bonds. The second-order valence-electron chi connectivity index (χ2n) is 10.0. The molecule has 0 aliphatic carbocycles. The SMILES string of the molecule is COC(=O)/C=C/[C@@]1(C)O[C@@H]1C[C@@H]1O[C@H](c2ccccc2)OC[C@H]1O[Si](C)(C)C(C)(C)C. The van der Waals surface area contributed by atoms with Crippen molar-refractivity contribution in [2.75, 3.05) is 13.7 Å². The molecule has 0 bridgehead atoms. The maximum Gasteiger partial charge on any atom is 0.330 e. The molecule has 31 heavy (non-hydrogen) atoms. The van der Waals surface area contributed by atoms with Crippen molar-refractivity contribution in [3.8, 4) is 0 Å². The van der Waals surface area contributed by atoms with E-state index in [0.29, 0.717) is 13.0 Å². The summed E-state index contributed by atoms with van der Waals surface area (Å²) in [5.41, 5.74) is 0.489. The van der Waals surface area contributed by atoms with Gasteiger partial charge in [0.2, 0.25) is 0 Å². The van der Waals surface area contributed by atoms with Crippen molar-refractivity contribution in [3.05, 3.63) is 48.0 Å². The van der Waals surface area contributed by atoms with Crippen LogP contribution in [0, 0.1) is 0 Å². The van der Waals surface area contributed by atoms with Crippen molar-refractivity contribution >= 4 is 14.3 Å². The van der Waals surface area contributed by atoms with Crippen LogP contribution in [0.3, 0.4) is 0 Å². The van der Waals surface area contributed by atoms with E-state index >= 15 is 0 Å². The zero-order valence-corrected chi connectivity index (χ0v) is 20.7. The number of methoxy groups -OCH3 is 1. The topological polar surface area (TPSA) is 66.5 Å². The van der Waals surface area contributed by atoms with Crippen LogP contribution in [0.15, 0.2) is 42.5 Å². The zero-order chi connectivity index (χ0) is 22.9. The van der Waals surface area contributed by atoms with E-state index in [1.54, 1.807) is 6.08 Å². The number of carbonyl (C=O) groups is 1. The van der Waals surface area contributed by atoms with Crippen LogP contribution in [0.2, 0.25) is 18.1 Å². The maximum absolute atomic E-state index is 11.5. The highest BCUT2D eigenvalue weighted by Gasteiger charge is 2.53. The average Bonchev–Trinajstić information content (AvgIpc) is 3.36. The monoisotopic (exact) mass is 448 g/mol. The van der Waals surface area contributed by atoms with E-state index in [1.165, 1.54) is 13.2 Å². The molecule has 0 saturated carbocycles. The third kappa shape index (κ3) is 5.84. The third-order valence-electron chi connectivity index (χ3n) is 6.63. The van der Waals surface area contributed by atoms with Crippen molar-refractivity contribution in [2.24, 2.45) is 0 Å². The molecule has 2 aliphatic rings. The lowest BCUT2D eigenvalue weighted by Gasteiger charge is -2.44. The standard InChI is InChI=1S/C24H36O6Si/c1-23(2,3)31(6,7)30-19-16-27-22(17-11-9-8-10-12-17)28-18(19)15-20-24(4,29-20)14-13-21(25)26-5/h8-14,18-20,22H,15-16H2,1-7H3/b14-13+/t18-,19+,20+,22+,24+/m0/s1. The van der Waals surface area contributed by atoms with Crippen molar-refractivity contribution in [3.63, 3.8) is 0 Å². The maximum atomic E-state index is 11.5. The molecule has 3 rings (SSSR count). The summed E-state index contributed by atoms with van der Waals surface area (Å²) in [5, 5.41) is 0.0850. The molecule has 5 atom stereocenters. The molecule has 0 spiro atoms. The van der Waals surface area contributed by atoms with Crippen molar-refractivity contribution in [1.29, 1.82) is 0 Å². The molecular formula is C24H36O6Si. The number of hydrogen-bond acceptors (Lipinski definition) is 6. The largest absolute Gasteiger partial charge is 0.466 e. The molecule has 2 fully saturated rings. The van der Waals surface area contributed by atoms with Gasteiger partial charge >= 0.3 is 5.97 Å². The Labute approximate surface area is 187 Å². The Morgan fingerprint density at radius 1 is 1.26 bits per heavy atom. The molecule has 2 heterocycles. The minimum atomic E-state index is -2.01. The smallest absolute Gasteiger partial charge is 0.330 e. The number of carbonyl (C=O) groups excluding carboxylic acids is 1. The molecule has 1 aromatic rings. The fourth-order valence-corrected chi connectivity index (χ4v) is 4.78. The first-order chi connectivity index (χ1) is 14.4. The van der Waals surface area contributed by atoms with Crippen LogP contribution in [0.4, 0.5) is 0 Å². The van der Waals surface area contributed by atoms with E-state index in [9.17, 15) is 4.79 Å². The van der Waals surface area contributed by atoms with E-state index in [-0.39, 0.29) is 29.3 Å². The predicted molar refractivity (Wildman–Crippen MR) is 121 cm³/mol. The van der Waals surface area contributed by atoms with Gasteiger partial charge in [-0.25, -0.2) is 4.79 Å². The predicted octanol–water partition coefficient (Wildman–Crippen LogP) is 4.77. The van der Waals surface area contributed by atoms with Gasteiger partial charge in [0.1, 0.15) is 5.60 Å². The number of benzene rings is 1. The highest BCUT2D eigenvalue weighted by atomic mass is 28.4. The van der Waals surface area contributed by atoms with Gasteiger partial charge in [0.25, 0.3) is 0 Å². The Hall–Kier alpha value is -1.51. The van der Waals surface area contributed by atoms with Gasteiger partial charge in [0.05, 0.1) is 32.0 Å². The molecule has 6 nitrogen and oxygen atoms in total. The van der Waals surface area contributed by atoms with Crippen LogP contribution in [-0.4, -0.2) is 51.9 Å². The molecule has 2 saturated heterocycles. The van der Waals surface area contributed by atoms with Gasteiger partial charge in [-0.3, -0.25) is 0 Å². The molecule has 1 aromatic carbocycles. The van der Waals surface area contributed by atoms with Crippen LogP contribution in [0.1, 0.15) is 46.0 Å². The first kappa shape index (κ1) is 24.1. The summed E-state index contributed by atoms with van der Waals surface area (Å²) >= 11 is 0. The van der Waals surface area contributed by atoms with Crippen LogP contribution in [0.5, 0.6) is 0 Å². The van der Waals surface area contributed by atoms with Gasteiger partial charge in [0, 0.05) is 18.1 Å². The fraction of sp³-hybridized carbons (Fsp3) is 0.625. The first-order valence-corrected chi connectivity index (χ1v) is 13.8. The molecule has 0 unspecified atom stereocenters. The Morgan fingerprint density at radius 2 is 1.94 bits per heavy atom. The van der Waals surface area contributed by atoms with Crippen molar-refractivity contribution in [1.82, 2.24) is 0 Å². The van der Waals surface area contributed by atoms with Crippen LogP contribution >= 0.6 is 0 Å². The lowest BCUT2D eigenvalue weighted by Crippen LogP contribution is -2.52. The second-order valence-corrected chi connectivity index (χ2v) is 14.8. The van der Waals surface area contributed by atoms with E-state index in [4.69, 9.17) is 18.6 Å². The Kier molecular flexibility index (Phi) is 7.13. The summed E-state index contributed by atoms with van der Waals surface area (Å²) in [4.78, 5) is 11.5. The zero-order valence-electron chi connectivity index (χ0n) is 19.7. The first-order valence-electron chi connectivity index (χ1n) is 10.9. The lowest BCUT2D eigenvalue weighted by atomic mass is 9.99. The Bertz CT molecular complexity index is 787. The van der Waals surface area contributed by atoms with Crippen LogP contribution in [-0.2, 0) is 28.2 Å². The molecule has 172 valence electrons. The second kappa shape index (κ2) is 9.15. The van der Waals surface area contributed by atoms with E-state index < -0.39 is 20.2 Å². The van der Waals surface area contributed by atoms with Gasteiger partial charge in [-0.1, -0.05) is 51.1 Å². The highest BCUT2D eigenvalue weighted by molar-refractivity contribution is 6.74. The fourth-order valence-electron chi connectivity index (χ4n) is 3.45. The van der Waals surface area contributed by atoms with Gasteiger partial charge in [0.15, 0.2) is 14.6 Å². The minimum absolute atomic E-state index is 0.0570. The number of hydrogen-bond donors (Lipinski definition) is 0. The van der Waals surface area contributed by atoms with E-state index in [2.05, 4.69) is 38.6 Å². The van der Waals surface area contributed by atoms with Gasteiger partial charge in [-0.15, -0.1) is 0 Å². The van der Waals surface area contributed by atoms with Gasteiger partial charge < -0.3 is 23.4 Å². The third-order valence-corrected chi connectivity index (χ3v) is 11.1. The summed E-state index contributed by atoms with van der Waals surface area (Å²) < 4.78 is 29.8. The quantitative estimate of drug-likeness (QED) is 0.259. The minimum Gasteiger partial charge on any atom is -0.466 e. The molecule has 2 aliphatic heterocycles. The summed E-state index contributed by atoms with van der Waals surface area (Å²) in [6.07, 6.45) is 3.01. The normalized spacial score (nSPS) is 31.6. The van der Waals surface area contributed by atoms with Crippen LogP contribution < -0.4 is 0 Å². The summed E-state index contributed by atoms with van der Waals surface area (Å²) in [6.45, 7) is 13.6. The van der Waals surface area contributed by atoms with Gasteiger partial charge in [-0.05, 0) is 31.1 Å². The lowest BCUT2D eigenvalue weighted by molar-refractivity contribution is -0.255. The summed E-state index contributed by atoms with van der Waals surface area (Å²) in [5.74, 6) is -0.388. The number of epoxide rings is 1. The highest BCUT2D eigenvalue weighted by Crippen LogP contribution is 2.44. The van der Waals surface area contributed by atoms with Gasteiger partial charge in [-0.2, -0.15) is 0 Å².